The average molecular weight is 312 g/mol. The Morgan fingerprint density at radius 3 is 2.17 bits per heavy atom. The number of nitrogens with zero attached hydrogens (tertiary/aromatic N) is 1. The second-order valence-corrected chi connectivity index (χ2v) is 6.15. The second kappa shape index (κ2) is 5.87. The predicted octanol–water partition coefficient (Wildman–Crippen LogP) is 4.06. The van der Waals surface area contributed by atoms with Crippen LogP contribution < -0.4 is 0 Å². The molecule has 0 aromatic heterocycles. The molecule has 2 nitrogen and oxygen atoms in total. The highest BCUT2D eigenvalue weighted by atomic mass is 79.9. The number of benzene rings is 1. The summed E-state index contributed by atoms with van der Waals surface area (Å²) in [5.74, 6) is 0.556. The van der Waals surface area contributed by atoms with Crippen LogP contribution >= 0.6 is 15.9 Å². The van der Waals surface area contributed by atoms with Gasteiger partial charge < -0.3 is 4.90 Å². The van der Waals surface area contributed by atoms with Crippen molar-refractivity contribution < 1.29 is 4.79 Å². The topological polar surface area (TPSA) is 20.3 Å². The summed E-state index contributed by atoms with van der Waals surface area (Å²) < 4.78 is 0. The molecule has 0 unspecified atom stereocenters. The van der Waals surface area contributed by atoms with Gasteiger partial charge in [0.15, 0.2) is 0 Å². The van der Waals surface area contributed by atoms with E-state index < -0.39 is 0 Å². The quantitative estimate of drug-likeness (QED) is 0.768. The highest BCUT2D eigenvalue weighted by molar-refractivity contribution is 9.09. The molecule has 0 bridgehead atoms. The SMILES string of the molecule is CC(C)c1ccc(C(=O)N(C)C(C)(C)CBr)cc1. The number of alkyl halides is 1. The van der Waals surface area contributed by atoms with Crippen LogP contribution in [0.5, 0.6) is 0 Å². The van der Waals surface area contributed by atoms with Crippen molar-refractivity contribution in [2.75, 3.05) is 12.4 Å². The van der Waals surface area contributed by atoms with Crippen molar-refractivity contribution >= 4 is 21.8 Å². The molecule has 1 amide bonds. The molecule has 1 rings (SSSR count). The lowest BCUT2D eigenvalue weighted by molar-refractivity contribution is 0.0663. The van der Waals surface area contributed by atoms with E-state index in [1.54, 1.807) is 4.90 Å². The normalized spacial score (nSPS) is 11.7. The minimum absolute atomic E-state index is 0.0646. The summed E-state index contributed by atoms with van der Waals surface area (Å²) in [6.45, 7) is 8.39. The number of carbonyl (C=O) groups is 1. The van der Waals surface area contributed by atoms with Gasteiger partial charge in [-0.15, -0.1) is 0 Å². The lowest BCUT2D eigenvalue weighted by Gasteiger charge is -2.34. The number of halogens is 1. The Morgan fingerprint density at radius 2 is 1.78 bits per heavy atom. The minimum Gasteiger partial charge on any atom is -0.336 e. The van der Waals surface area contributed by atoms with Crippen molar-refractivity contribution in [1.29, 1.82) is 0 Å². The molecule has 100 valence electrons. The van der Waals surface area contributed by atoms with Crippen molar-refractivity contribution in [3.63, 3.8) is 0 Å². The molecule has 18 heavy (non-hydrogen) atoms. The highest BCUT2D eigenvalue weighted by Gasteiger charge is 2.27. The van der Waals surface area contributed by atoms with Gasteiger partial charge in [0.2, 0.25) is 0 Å². The van der Waals surface area contributed by atoms with Crippen LogP contribution in [0.25, 0.3) is 0 Å². The van der Waals surface area contributed by atoms with Crippen LogP contribution in [0.3, 0.4) is 0 Å². The van der Waals surface area contributed by atoms with Crippen LogP contribution in [0.2, 0.25) is 0 Å². The number of carbonyl (C=O) groups excluding carboxylic acids is 1. The predicted molar refractivity (Wildman–Crippen MR) is 80.5 cm³/mol. The highest BCUT2D eigenvalue weighted by Crippen LogP contribution is 2.20. The zero-order chi connectivity index (χ0) is 13.9. The zero-order valence-electron chi connectivity index (χ0n) is 11.8. The van der Waals surface area contributed by atoms with Gasteiger partial charge in [-0.2, -0.15) is 0 Å². The summed E-state index contributed by atoms with van der Waals surface area (Å²) in [4.78, 5) is 14.1. The molecule has 1 aromatic carbocycles. The standard InChI is InChI=1S/C15H22BrNO/c1-11(2)12-6-8-13(9-7-12)14(18)17(5)15(3,4)10-16/h6-9,11H,10H2,1-5H3. The minimum atomic E-state index is -0.187. The molecule has 0 N–H and O–H groups in total. The van der Waals surface area contributed by atoms with Crippen LogP contribution in [-0.2, 0) is 0 Å². The van der Waals surface area contributed by atoms with Gasteiger partial charge >= 0.3 is 0 Å². The first-order valence-corrected chi connectivity index (χ1v) is 7.36. The Hall–Kier alpha value is -0.830. The van der Waals surface area contributed by atoms with E-state index in [0.29, 0.717) is 5.92 Å². The van der Waals surface area contributed by atoms with Crippen LogP contribution in [0.1, 0.15) is 49.5 Å². The molecule has 0 aliphatic heterocycles. The van der Waals surface area contributed by atoms with E-state index in [4.69, 9.17) is 0 Å². The van der Waals surface area contributed by atoms with Crippen molar-refractivity contribution in [3.8, 4) is 0 Å². The van der Waals surface area contributed by atoms with Gasteiger partial charge in [-0.3, -0.25) is 4.79 Å². The number of amides is 1. The summed E-state index contributed by atoms with van der Waals surface area (Å²) in [5, 5.41) is 0.756. The van der Waals surface area contributed by atoms with Gasteiger partial charge in [-0.25, -0.2) is 0 Å². The van der Waals surface area contributed by atoms with E-state index in [2.05, 4.69) is 29.8 Å². The third-order valence-electron chi connectivity index (χ3n) is 3.36. The van der Waals surface area contributed by atoms with Crippen molar-refractivity contribution in [2.45, 2.75) is 39.2 Å². The van der Waals surface area contributed by atoms with Crippen LogP contribution in [0.15, 0.2) is 24.3 Å². The molecule has 0 spiro atoms. The third-order valence-corrected chi connectivity index (χ3v) is 4.74. The van der Waals surface area contributed by atoms with E-state index in [-0.39, 0.29) is 11.4 Å². The van der Waals surface area contributed by atoms with Gasteiger partial charge in [-0.1, -0.05) is 41.9 Å². The van der Waals surface area contributed by atoms with Gasteiger partial charge in [-0.05, 0) is 37.5 Å². The summed E-state index contributed by atoms with van der Waals surface area (Å²) in [5.41, 5.74) is 1.82. The van der Waals surface area contributed by atoms with Gasteiger partial charge in [0.1, 0.15) is 0 Å². The summed E-state index contributed by atoms with van der Waals surface area (Å²) >= 11 is 3.45. The average Bonchev–Trinajstić information content (AvgIpc) is 2.37. The van der Waals surface area contributed by atoms with E-state index in [0.717, 1.165) is 10.9 Å². The first kappa shape index (κ1) is 15.2. The Labute approximate surface area is 119 Å². The molecule has 0 radical (unpaired) electrons. The maximum absolute atomic E-state index is 12.3. The van der Waals surface area contributed by atoms with Crippen molar-refractivity contribution in [1.82, 2.24) is 4.90 Å². The molecule has 0 atom stereocenters. The van der Waals surface area contributed by atoms with Gasteiger partial charge in [0.25, 0.3) is 5.91 Å². The number of hydrogen-bond donors (Lipinski definition) is 0. The van der Waals surface area contributed by atoms with Crippen LogP contribution in [0, 0.1) is 0 Å². The smallest absolute Gasteiger partial charge is 0.254 e. The molecule has 0 saturated carbocycles. The largest absolute Gasteiger partial charge is 0.336 e. The first-order chi connectivity index (χ1) is 8.29. The number of rotatable bonds is 4. The van der Waals surface area contributed by atoms with Crippen LogP contribution in [0.4, 0.5) is 0 Å². The fourth-order valence-electron chi connectivity index (χ4n) is 1.57. The van der Waals surface area contributed by atoms with Crippen molar-refractivity contribution in [2.24, 2.45) is 0 Å². The lowest BCUT2D eigenvalue weighted by Crippen LogP contribution is -2.46. The van der Waals surface area contributed by atoms with Gasteiger partial charge in [0, 0.05) is 23.5 Å². The molecule has 0 saturated heterocycles. The summed E-state index contributed by atoms with van der Waals surface area (Å²) in [7, 11) is 1.85. The summed E-state index contributed by atoms with van der Waals surface area (Å²) in [6, 6.07) is 7.90. The molecule has 1 aromatic rings. The molecule has 0 aliphatic rings. The lowest BCUT2D eigenvalue weighted by atomic mass is 10.0. The second-order valence-electron chi connectivity index (χ2n) is 5.59. The van der Waals surface area contributed by atoms with E-state index in [1.807, 2.05) is 45.2 Å². The molecule has 3 heteroatoms. The number of hydrogen-bond acceptors (Lipinski definition) is 1. The molecular weight excluding hydrogens is 290 g/mol. The Bertz CT molecular complexity index is 409. The first-order valence-electron chi connectivity index (χ1n) is 6.23. The maximum atomic E-state index is 12.3. The molecule has 0 fully saturated rings. The Morgan fingerprint density at radius 1 is 1.28 bits per heavy atom. The Balaban J connectivity index is 2.91. The fourth-order valence-corrected chi connectivity index (χ4v) is 1.94. The van der Waals surface area contributed by atoms with Crippen LogP contribution in [-0.4, -0.2) is 28.7 Å². The molecular formula is C15H22BrNO. The van der Waals surface area contributed by atoms with Crippen molar-refractivity contribution in [3.05, 3.63) is 35.4 Å². The van der Waals surface area contributed by atoms with E-state index in [9.17, 15) is 4.79 Å². The maximum Gasteiger partial charge on any atom is 0.254 e. The third kappa shape index (κ3) is 3.35. The van der Waals surface area contributed by atoms with E-state index in [1.165, 1.54) is 5.56 Å². The summed E-state index contributed by atoms with van der Waals surface area (Å²) in [6.07, 6.45) is 0. The molecule has 0 heterocycles. The monoisotopic (exact) mass is 311 g/mol. The zero-order valence-corrected chi connectivity index (χ0v) is 13.4. The Kier molecular flexibility index (Phi) is 4.97. The van der Waals surface area contributed by atoms with Gasteiger partial charge in [0.05, 0.1) is 0 Å². The molecule has 0 aliphatic carbocycles. The van der Waals surface area contributed by atoms with E-state index >= 15 is 0 Å². The fraction of sp³-hybridized carbons (Fsp3) is 0.533.